The number of anilines is 1. The maximum atomic E-state index is 11.6. The van der Waals surface area contributed by atoms with Crippen molar-refractivity contribution >= 4 is 34.1 Å². The van der Waals surface area contributed by atoms with Crippen LogP contribution in [0.5, 0.6) is 0 Å². The second-order valence-electron chi connectivity index (χ2n) is 4.16. The van der Waals surface area contributed by atoms with Gasteiger partial charge in [0.05, 0.1) is 0 Å². The molecule has 0 aliphatic heterocycles. The number of carbonyl (C=O) groups excluding carboxylic acids is 1. The Morgan fingerprint density at radius 1 is 1.41 bits per heavy atom. The topological polar surface area (TPSA) is 54.9 Å². The number of nitrogens with one attached hydrogen (secondary N) is 1. The summed E-state index contributed by atoms with van der Waals surface area (Å²) in [5.74, 6) is 0.794. The van der Waals surface area contributed by atoms with Crippen molar-refractivity contribution in [3.63, 3.8) is 0 Å². The zero-order chi connectivity index (χ0) is 11.8. The molecule has 4 nitrogen and oxygen atoms in total. The van der Waals surface area contributed by atoms with Crippen LogP contribution in [0.25, 0.3) is 10.8 Å². The standard InChI is InChI=1S/C12H10ClN3O/c13-11-9-6-15-10(5-8(9)3-4-14-11)16-12(17)7-1-2-7/h3-7H,1-2H2,(H,15,16,17). The molecule has 0 unspecified atom stereocenters. The second kappa shape index (κ2) is 3.96. The number of nitrogens with zero attached hydrogens (tertiary/aromatic N) is 2. The average molecular weight is 248 g/mol. The molecule has 1 aliphatic rings. The predicted octanol–water partition coefficient (Wildman–Crippen LogP) is 2.63. The summed E-state index contributed by atoms with van der Waals surface area (Å²) in [6, 6.07) is 3.65. The van der Waals surface area contributed by atoms with E-state index in [0.29, 0.717) is 11.0 Å². The van der Waals surface area contributed by atoms with Crippen LogP contribution in [0.15, 0.2) is 24.5 Å². The van der Waals surface area contributed by atoms with Gasteiger partial charge in [0.2, 0.25) is 5.91 Å². The van der Waals surface area contributed by atoms with Crippen molar-refractivity contribution in [3.05, 3.63) is 29.7 Å². The molecule has 0 saturated heterocycles. The summed E-state index contributed by atoms with van der Waals surface area (Å²) in [4.78, 5) is 19.7. The molecule has 2 aromatic rings. The zero-order valence-corrected chi connectivity index (χ0v) is 9.74. The minimum Gasteiger partial charge on any atom is -0.310 e. The summed E-state index contributed by atoms with van der Waals surface area (Å²) >= 11 is 5.94. The van der Waals surface area contributed by atoms with E-state index in [1.165, 1.54) is 0 Å². The molecule has 5 heteroatoms. The minimum absolute atomic E-state index is 0.0528. The lowest BCUT2D eigenvalue weighted by Gasteiger charge is -2.05. The third kappa shape index (κ3) is 2.08. The number of rotatable bonds is 2. The van der Waals surface area contributed by atoms with Crippen LogP contribution in [0.4, 0.5) is 5.82 Å². The first-order valence-corrected chi connectivity index (χ1v) is 5.83. The van der Waals surface area contributed by atoms with E-state index in [1.807, 2.05) is 12.1 Å². The van der Waals surface area contributed by atoms with Crippen LogP contribution < -0.4 is 5.32 Å². The molecule has 0 bridgehead atoms. The van der Waals surface area contributed by atoms with E-state index >= 15 is 0 Å². The van der Waals surface area contributed by atoms with E-state index in [4.69, 9.17) is 11.6 Å². The number of aromatic nitrogens is 2. The van der Waals surface area contributed by atoms with Gasteiger partial charge in [-0.1, -0.05) is 11.6 Å². The van der Waals surface area contributed by atoms with Gasteiger partial charge in [0.25, 0.3) is 0 Å². The molecule has 1 saturated carbocycles. The Morgan fingerprint density at radius 3 is 3.00 bits per heavy atom. The molecule has 1 amide bonds. The Hall–Kier alpha value is -1.68. The molecule has 3 rings (SSSR count). The smallest absolute Gasteiger partial charge is 0.228 e. The van der Waals surface area contributed by atoms with E-state index in [1.54, 1.807) is 12.4 Å². The van der Waals surface area contributed by atoms with Gasteiger partial charge in [-0.05, 0) is 30.4 Å². The van der Waals surface area contributed by atoms with Gasteiger partial charge < -0.3 is 5.32 Å². The fourth-order valence-electron chi connectivity index (χ4n) is 1.68. The van der Waals surface area contributed by atoms with Crippen LogP contribution in [-0.2, 0) is 4.79 Å². The first-order chi connectivity index (χ1) is 8.24. The highest BCUT2D eigenvalue weighted by molar-refractivity contribution is 6.34. The number of hydrogen-bond acceptors (Lipinski definition) is 3. The van der Waals surface area contributed by atoms with Crippen molar-refractivity contribution in [2.45, 2.75) is 12.8 Å². The fraction of sp³-hybridized carbons (Fsp3) is 0.250. The number of carbonyl (C=O) groups is 1. The quantitative estimate of drug-likeness (QED) is 0.830. The highest BCUT2D eigenvalue weighted by Crippen LogP contribution is 2.30. The average Bonchev–Trinajstić information content (AvgIpc) is 3.13. The summed E-state index contributed by atoms with van der Waals surface area (Å²) < 4.78 is 0. The molecule has 2 heterocycles. The van der Waals surface area contributed by atoms with Gasteiger partial charge in [0.15, 0.2) is 0 Å². The second-order valence-corrected chi connectivity index (χ2v) is 4.51. The molecule has 86 valence electrons. The molecule has 1 N–H and O–H groups in total. The molecular weight excluding hydrogens is 238 g/mol. The third-order valence-electron chi connectivity index (χ3n) is 2.80. The van der Waals surface area contributed by atoms with Gasteiger partial charge in [-0.25, -0.2) is 9.97 Å². The molecule has 0 spiro atoms. The van der Waals surface area contributed by atoms with Crippen molar-refractivity contribution in [2.24, 2.45) is 5.92 Å². The van der Waals surface area contributed by atoms with E-state index in [9.17, 15) is 4.79 Å². The lowest BCUT2D eigenvalue weighted by atomic mass is 10.2. The monoisotopic (exact) mass is 247 g/mol. The van der Waals surface area contributed by atoms with Gasteiger partial charge in [-0.15, -0.1) is 0 Å². The highest BCUT2D eigenvalue weighted by Gasteiger charge is 2.29. The molecule has 0 atom stereocenters. The molecular formula is C12H10ClN3O. The molecule has 0 radical (unpaired) electrons. The van der Waals surface area contributed by atoms with E-state index < -0.39 is 0 Å². The van der Waals surface area contributed by atoms with Gasteiger partial charge in [-0.2, -0.15) is 0 Å². The highest BCUT2D eigenvalue weighted by atomic mass is 35.5. The number of amides is 1. The van der Waals surface area contributed by atoms with E-state index in [-0.39, 0.29) is 11.8 Å². The van der Waals surface area contributed by atoms with Gasteiger partial charge in [0, 0.05) is 23.7 Å². The lowest BCUT2D eigenvalue weighted by Crippen LogP contribution is -2.14. The predicted molar refractivity (Wildman–Crippen MR) is 65.9 cm³/mol. The molecule has 0 aromatic carbocycles. The number of pyridine rings is 2. The zero-order valence-electron chi connectivity index (χ0n) is 8.98. The van der Waals surface area contributed by atoms with Crippen molar-refractivity contribution in [1.82, 2.24) is 9.97 Å². The van der Waals surface area contributed by atoms with Crippen LogP contribution >= 0.6 is 11.6 Å². The number of hydrogen-bond donors (Lipinski definition) is 1. The Kier molecular flexibility index (Phi) is 2.44. The molecule has 1 aliphatic carbocycles. The third-order valence-corrected chi connectivity index (χ3v) is 3.10. The summed E-state index contributed by atoms with van der Waals surface area (Å²) in [7, 11) is 0. The maximum absolute atomic E-state index is 11.6. The number of fused-ring (bicyclic) bond motifs is 1. The van der Waals surface area contributed by atoms with Crippen molar-refractivity contribution in [3.8, 4) is 0 Å². The van der Waals surface area contributed by atoms with Gasteiger partial charge >= 0.3 is 0 Å². The summed E-state index contributed by atoms with van der Waals surface area (Å²) in [5, 5.41) is 4.94. The van der Waals surface area contributed by atoms with E-state index in [0.717, 1.165) is 23.6 Å². The largest absolute Gasteiger partial charge is 0.310 e. The van der Waals surface area contributed by atoms with Crippen LogP contribution in [0.3, 0.4) is 0 Å². The first-order valence-electron chi connectivity index (χ1n) is 5.45. The van der Waals surface area contributed by atoms with Crippen LogP contribution in [0.1, 0.15) is 12.8 Å². The van der Waals surface area contributed by atoms with E-state index in [2.05, 4.69) is 15.3 Å². The summed E-state index contributed by atoms with van der Waals surface area (Å²) in [6.45, 7) is 0. The summed E-state index contributed by atoms with van der Waals surface area (Å²) in [5.41, 5.74) is 0. The maximum Gasteiger partial charge on any atom is 0.228 e. The number of halogens is 1. The Morgan fingerprint density at radius 2 is 2.24 bits per heavy atom. The molecule has 17 heavy (non-hydrogen) atoms. The Balaban J connectivity index is 1.93. The summed E-state index contributed by atoms with van der Waals surface area (Å²) in [6.07, 6.45) is 5.23. The van der Waals surface area contributed by atoms with Gasteiger partial charge in [0.1, 0.15) is 11.0 Å². The van der Waals surface area contributed by atoms with Gasteiger partial charge in [-0.3, -0.25) is 4.79 Å². The Bertz CT molecular complexity index is 595. The van der Waals surface area contributed by atoms with Crippen LogP contribution in [0, 0.1) is 5.92 Å². The van der Waals surface area contributed by atoms with Crippen LogP contribution in [0.2, 0.25) is 5.15 Å². The van der Waals surface area contributed by atoms with Crippen molar-refractivity contribution in [1.29, 1.82) is 0 Å². The van der Waals surface area contributed by atoms with Crippen LogP contribution in [-0.4, -0.2) is 15.9 Å². The van der Waals surface area contributed by atoms with Crippen molar-refractivity contribution < 1.29 is 4.79 Å². The first kappa shape index (κ1) is 10.5. The molecule has 1 fully saturated rings. The van der Waals surface area contributed by atoms with Crippen molar-refractivity contribution in [2.75, 3.05) is 5.32 Å². The minimum atomic E-state index is 0.0528. The Labute approximate surface area is 103 Å². The fourth-order valence-corrected chi connectivity index (χ4v) is 1.89. The SMILES string of the molecule is O=C(Nc1cc2ccnc(Cl)c2cn1)C1CC1. The molecule has 2 aromatic heterocycles. The normalized spacial score (nSPS) is 14.9. The lowest BCUT2D eigenvalue weighted by molar-refractivity contribution is -0.117.